The van der Waals surface area contributed by atoms with E-state index < -0.39 is 6.10 Å². The van der Waals surface area contributed by atoms with Crippen LogP contribution in [0.1, 0.15) is 31.2 Å². The molecule has 1 aromatic carbocycles. The van der Waals surface area contributed by atoms with Crippen LogP contribution in [-0.4, -0.2) is 44.0 Å². The highest BCUT2D eigenvalue weighted by Gasteiger charge is 2.09. The largest absolute Gasteiger partial charge is 0.497 e. The predicted octanol–water partition coefficient (Wildman–Crippen LogP) is 1.63. The van der Waals surface area contributed by atoms with E-state index >= 15 is 0 Å². The average molecular weight is 325 g/mol. The number of benzene rings is 1. The Labute approximate surface area is 137 Å². The molecule has 130 valence electrons. The van der Waals surface area contributed by atoms with E-state index in [0.29, 0.717) is 19.6 Å². The fourth-order valence-corrected chi connectivity index (χ4v) is 1.93. The zero-order valence-electron chi connectivity index (χ0n) is 13.7. The minimum absolute atomic E-state index is 0.0433. The number of carbonyl (C=O) groups is 1. The lowest BCUT2D eigenvalue weighted by Gasteiger charge is -2.12. The molecule has 0 aliphatic rings. The smallest absolute Gasteiger partial charge is 0.305 e. The first-order valence-corrected chi connectivity index (χ1v) is 7.90. The third-order valence-electron chi connectivity index (χ3n) is 3.26. The molecule has 0 saturated carbocycles. The normalized spacial score (nSPS) is 12.0. The highest BCUT2D eigenvalue weighted by atomic mass is 16.5. The summed E-state index contributed by atoms with van der Waals surface area (Å²) in [4.78, 5) is 11.4. The number of ether oxygens (including phenoxy) is 3. The second-order valence-corrected chi connectivity index (χ2v) is 5.30. The molecule has 6 heteroatoms. The summed E-state index contributed by atoms with van der Waals surface area (Å²) in [6, 6.07) is 7.49. The molecular weight excluding hydrogens is 298 g/mol. The number of rotatable bonds is 12. The molecular formula is C17H27NO5. The molecule has 3 N–H and O–H groups in total. The molecule has 0 radical (unpaired) electrons. The first kappa shape index (κ1) is 19.4. The van der Waals surface area contributed by atoms with Crippen molar-refractivity contribution in [1.29, 1.82) is 0 Å². The number of aliphatic hydroxyl groups excluding tert-OH is 1. The maximum absolute atomic E-state index is 11.4. The summed E-state index contributed by atoms with van der Waals surface area (Å²) >= 11 is 0. The third kappa shape index (κ3) is 9.18. The number of unbranched alkanes of at least 4 members (excludes halogenated alkanes) is 2. The Bertz CT molecular complexity index is 435. The van der Waals surface area contributed by atoms with Crippen molar-refractivity contribution >= 4 is 5.97 Å². The summed E-state index contributed by atoms with van der Waals surface area (Å²) in [7, 11) is 1.61. The number of nitrogens with two attached hydrogens (primary N) is 1. The Morgan fingerprint density at radius 3 is 2.57 bits per heavy atom. The van der Waals surface area contributed by atoms with Crippen molar-refractivity contribution in [3.05, 3.63) is 29.8 Å². The molecule has 1 rings (SSSR count). The van der Waals surface area contributed by atoms with Crippen molar-refractivity contribution < 1.29 is 24.1 Å². The van der Waals surface area contributed by atoms with Gasteiger partial charge in [0.2, 0.25) is 0 Å². The van der Waals surface area contributed by atoms with E-state index in [0.717, 1.165) is 30.6 Å². The number of esters is 1. The maximum Gasteiger partial charge on any atom is 0.305 e. The molecule has 0 aliphatic carbocycles. The Morgan fingerprint density at radius 1 is 1.17 bits per heavy atom. The van der Waals surface area contributed by atoms with Crippen LogP contribution >= 0.6 is 0 Å². The van der Waals surface area contributed by atoms with Crippen LogP contribution in [0.5, 0.6) is 5.75 Å². The van der Waals surface area contributed by atoms with E-state index in [2.05, 4.69) is 0 Å². The third-order valence-corrected chi connectivity index (χ3v) is 3.26. The minimum Gasteiger partial charge on any atom is -0.497 e. The molecule has 0 fully saturated rings. The molecule has 0 amide bonds. The second kappa shape index (κ2) is 11.9. The van der Waals surface area contributed by atoms with E-state index in [4.69, 9.17) is 19.9 Å². The molecule has 0 bridgehead atoms. The van der Waals surface area contributed by atoms with Gasteiger partial charge in [-0.1, -0.05) is 18.6 Å². The van der Waals surface area contributed by atoms with E-state index in [9.17, 15) is 9.90 Å². The van der Waals surface area contributed by atoms with Crippen molar-refractivity contribution in [2.75, 3.05) is 26.9 Å². The summed E-state index contributed by atoms with van der Waals surface area (Å²) in [6.45, 7) is 1.10. The Morgan fingerprint density at radius 2 is 1.91 bits per heavy atom. The van der Waals surface area contributed by atoms with Gasteiger partial charge in [0.25, 0.3) is 0 Å². The van der Waals surface area contributed by atoms with Gasteiger partial charge in [-0.3, -0.25) is 4.79 Å². The van der Waals surface area contributed by atoms with Gasteiger partial charge >= 0.3 is 5.97 Å². The minimum atomic E-state index is -0.818. The predicted molar refractivity (Wildman–Crippen MR) is 87.1 cm³/mol. The van der Waals surface area contributed by atoms with Crippen molar-refractivity contribution in [2.45, 2.75) is 38.4 Å². The van der Waals surface area contributed by atoms with Crippen LogP contribution in [-0.2, 0) is 20.9 Å². The first-order valence-electron chi connectivity index (χ1n) is 7.90. The number of hydrogen-bond acceptors (Lipinski definition) is 6. The monoisotopic (exact) mass is 325 g/mol. The van der Waals surface area contributed by atoms with Crippen molar-refractivity contribution in [3.8, 4) is 5.75 Å². The SMILES string of the molecule is COc1ccc(COC[C@@H](O)COC(=O)CCCCCN)cc1. The van der Waals surface area contributed by atoms with Gasteiger partial charge in [-0.15, -0.1) is 0 Å². The standard InChI is InChI=1S/C17H27NO5/c1-21-16-8-6-14(7-9-16)11-22-12-15(19)13-23-17(20)5-3-2-4-10-18/h6-9,15,19H,2-5,10-13,18H2,1H3/t15-/m1/s1. The van der Waals surface area contributed by atoms with E-state index in [-0.39, 0.29) is 19.2 Å². The lowest BCUT2D eigenvalue weighted by molar-refractivity contribution is -0.148. The second-order valence-electron chi connectivity index (χ2n) is 5.30. The highest BCUT2D eigenvalue weighted by Crippen LogP contribution is 2.12. The molecule has 0 heterocycles. The van der Waals surface area contributed by atoms with Crippen LogP contribution < -0.4 is 10.5 Å². The molecule has 6 nitrogen and oxygen atoms in total. The first-order chi connectivity index (χ1) is 11.2. The Balaban J connectivity index is 2.09. The van der Waals surface area contributed by atoms with Crippen LogP contribution in [0.4, 0.5) is 0 Å². The average Bonchev–Trinajstić information content (AvgIpc) is 2.57. The topological polar surface area (TPSA) is 91.0 Å². The summed E-state index contributed by atoms with van der Waals surface area (Å²) in [5.41, 5.74) is 6.36. The fraction of sp³-hybridized carbons (Fsp3) is 0.588. The van der Waals surface area contributed by atoms with Crippen molar-refractivity contribution in [2.24, 2.45) is 5.73 Å². The molecule has 1 aromatic rings. The lowest BCUT2D eigenvalue weighted by atomic mass is 10.2. The molecule has 0 spiro atoms. The Kier molecular flexibility index (Phi) is 10.0. The maximum atomic E-state index is 11.4. The summed E-state index contributed by atoms with van der Waals surface area (Å²) in [6.07, 6.45) is 2.13. The van der Waals surface area contributed by atoms with Gasteiger partial charge in [-0.25, -0.2) is 0 Å². The molecule has 23 heavy (non-hydrogen) atoms. The molecule has 0 unspecified atom stereocenters. The van der Waals surface area contributed by atoms with Crippen LogP contribution in [0, 0.1) is 0 Å². The van der Waals surface area contributed by atoms with Crippen LogP contribution in [0.25, 0.3) is 0 Å². The zero-order chi connectivity index (χ0) is 16.9. The van der Waals surface area contributed by atoms with Gasteiger partial charge in [0.05, 0.1) is 20.3 Å². The number of carbonyl (C=O) groups excluding carboxylic acids is 1. The summed E-state index contributed by atoms with van der Waals surface area (Å²) < 4.78 is 15.5. The number of methoxy groups -OCH3 is 1. The van der Waals surface area contributed by atoms with Crippen molar-refractivity contribution in [1.82, 2.24) is 0 Å². The molecule has 0 aliphatic heterocycles. The van der Waals surface area contributed by atoms with Gasteiger partial charge in [-0.05, 0) is 37.1 Å². The Hall–Kier alpha value is -1.63. The molecule has 0 saturated heterocycles. The quantitative estimate of drug-likeness (QED) is 0.448. The number of aliphatic hydroxyl groups is 1. The summed E-state index contributed by atoms with van der Waals surface area (Å²) in [5, 5.41) is 9.73. The molecule has 0 aromatic heterocycles. The lowest BCUT2D eigenvalue weighted by Crippen LogP contribution is -2.23. The van der Waals surface area contributed by atoms with Crippen molar-refractivity contribution in [3.63, 3.8) is 0 Å². The van der Waals surface area contributed by atoms with Gasteiger partial charge in [0.1, 0.15) is 18.5 Å². The van der Waals surface area contributed by atoms with E-state index in [1.807, 2.05) is 24.3 Å². The van der Waals surface area contributed by atoms with Gasteiger partial charge in [0, 0.05) is 6.42 Å². The van der Waals surface area contributed by atoms with E-state index in [1.165, 1.54) is 0 Å². The summed E-state index contributed by atoms with van der Waals surface area (Å²) in [5.74, 6) is 0.489. The van der Waals surface area contributed by atoms with Gasteiger partial charge < -0.3 is 25.1 Å². The van der Waals surface area contributed by atoms with Gasteiger partial charge in [0.15, 0.2) is 0 Å². The van der Waals surface area contributed by atoms with Crippen LogP contribution in [0.2, 0.25) is 0 Å². The van der Waals surface area contributed by atoms with E-state index in [1.54, 1.807) is 7.11 Å². The fourth-order valence-electron chi connectivity index (χ4n) is 1.93. The van der Waals surface area contributed by atoms with Crippen LogP contribution in [0.15, 0.2) is 24.3 Å². The van der Waals surface area contributed by atoms with Crippen LogP contribution in [0.3, 0.4) is 0 Å². The van der Waals surface area contributed by atoms with Gasteiger partial charge in [-0.2, -0.15) is 0 Å². The number of hydrogen-bond donors (Lipinski definition) is 2. The highest BCUT2D eigenvalue weighted by molar-refractivity contribution is 5.69. The zero-order valence-corrected chi connectivity index (χ0v) is 13.7. The molecule has 1 atom stereocenters.